The molecule has 0 radical (unpaired) electrons. The summed E-state index contributed by atoms with van der Waals surface area (Å²) in [6, 6.07) is 0.218. The maximum absolute atomic E-state index is 11.4. The van der Waals surface area contributed by atoms with Crippen LogP contribution in [0.2, 0.25) is 0 Å². The first kappa shape index (κ1) is 19.4. The second-order valence-electron chi connectivity index (χ2n) is 5.08. The molecule has 0 aromatic rings. The van der Waals surface area contributed by atoms with E-state index in [9.17, 15) is 9.59 Å². The van der Waals surface area contributed by atoms with Gasteiger partial charge in [-0.3, -0.25) is 9.59 Å². The number of carbonyl (C=O) groups excluding carboxylic acids is 2. The van der Waals surface area contributed by atoms with Crippen LogP contribution in [0.15, 0.2) is 36.5 Å². The van der Waals surface area contributed by atoms with Gasteiger partial charge < -0.3 is 5.32 Å². The Morgan fingerprint density at radius 3 is 2.33 bits per heavy atom. The Morgan fingerprint density at radius 2 is 1.67 bits per heavy atom. The van der Waals surface area contributed by atoms with E-state index in [1.54, 1.807) is 12.2 Å². The highest BCUT2D eigenvalue weighted by Gasteiger charge is 1.99. The Bertz CT molecular complexity index is 381. The number of hydrogen-bond acceptors (Lipinski definition) is 2. The number of Topliss-reactive ketones (excluding diaryl/α,β-unsaturated/α-hetero) is 1. The fourth-order valence-electron chi connectivity index (χ4n) is 1.56. The third kappa shape index (κ3) is 13.1. The van der Waals surface area contributed by atoms with Crippen LogP contribution in [-0.2, 0) is 9.59 Å². The van der Waals surface area contributed by atoms with Gasteiger partial charge in [-0.2, -0.15) is 0 Å². The summed E-state index contributed by atoms with van der Waals surface area (Å²) in [5, 5.41) is 2.87. The zero-order valence-corrected chi connectivity index (χ0v) is 13.6. The van der Waals surface area contributed by atoms with Crippen LogP contribution >= 0.6 is 0 Å². The molecule has 0 aromatic carbocycles. The first-order valence-corrected chi connectivity index (χ1v) is 7.90. The van der Waals surface area contributed by atoms with E-state index in [1.165, 1.54) is 0 Å². The first-order valence-electron chi connectivity index (χ1n) is 7.90. The second kappa shape index (κ2) is 13.3. The summed E-state index contributed by atoms with van der Waals surface area (Å²) in [6.07, 6.45) is 16.4. The molecule has 1 N–H and O–H groups in total. The number of amides is 1. The minimum Gasteiger partial charge on any atom is -0.350 e. The standard InChI is InChI=1S/C18H29NO2/c1-4-16(3)19-18(21)15-13-11-9-7-6-8-10-12-14-17(20)5-2/h8-11,13,15-16H,4-7,12,14H2,1-3H3,(H,19,21)/b10-8-,11-9+,15-13+/t16-/m0/s1. The molecule has 21 heavy (non-hydrogen) atoms. The number of hydrogen-bond donors (Lipinski definition) is 1. The maximum atomic E-state index is 11.4. The molecule has 0 aliphatic rings. The van der Waals surface area contributed by atoms with Crippen molar-refractivity contribution in [3.8, 4) is 0 Å². The quantitative estimate of drug-likeness (QED) is 0.269. The molecule has 0 aromatic heterocycles. The highest BCUT2D eigenvalue weighted by atomic mass is 16.1. The Kier molecular flexibility index (Phi) is 12.3. The molecule has 0 spiro atoms. The van der Waals surface area contributed by atoms with Gasteiger partial charge in [-0.25, -0.2) is 0 Å². The summed E-state index contributed by atoms with van der Waals surface area (Å²) >= 11 is 0. The molecule has 0 saturated carbocycles. The molecule has 3 nitrogen and oxygen atoms in total. The van der Waals surface area contributed by atoms with E-state index in [-0.39, 0.29) is 11.9 Å². The third-order valence-corrected chi connectivity index (χ3v) is 3.15. The Balaban J connectivity index is 3.66. The Hall–Kier alpha value is -1.64. The van der Waals surface area contributed by atoms with Crippen molar-refractivity contribution in [3.05, 3.63) is 36.5 Å². The summed E-state index contributed by atoms with van der Waals surface area (Å²) < 4.78 is 0. The zero-order valence-electron chi connectivity index (χ0n) is 13.6. The van der Waals surface area contributed by atoms with E-state index in [0.717, 1.165) is 25.7 Å². The van der Waals surface area contributed by atoms with E-state index >= 15 is 0 Å². The summed E-state index contributed by atoms with van der Waals surface area (Å²) in [5.74, 6) is 0.273. The molecule has 118 valence electrons. The molecular formula is C18H29NO2. The van der Waals surface area contributed by atoms with Gasteiger partial charge >= 0.3 is 0 Å². The van der Waals surface area contributed by atoms with Crippen molar-refractivity contribution in [1.82, 2.24) is 5.32 Å². The van der Waals surface area contributed by atoms with E-state index in [0.29, 0.717) is 18.6 Å². The van der Waals surface area contributed by atoms with Gasteiger partial charge in [0.15, 0.2) is 0 Å². The van der Waals surface area contributed by atoms with Crippen LogP contribution in [0.5, 0.6) is 0 Å². The normalized spacial score (nSPS) is 13.3. The van der Waals surface area contributed by atoms with Gasteiger partial charge in [0.25, 0.3) is 0 Å². The minimum absolute atomic E-state index is 0.0468. The van der Waals surface area contributed by atoms with Gasteiger partial charge in [-0.05, 0) is 32.6 Å². The summed E-state index contributed by atoms with van der Waals surface area (Å²) in [6.45, 7) is 5.93. The molecule has 1 amide bonds. The number of allylic oxidation sites excluding steroid dienone is 5. The summed E-state index contributed by atoms with van der Waals surface area (Å²) in [4.78, 5) is 22.5. The molecule has 1 atom stereocenters. The molecule has 0 saturated heterocycles. The van der Waals surface area contributed by atoms with Crippen molar-refractivity contribution >= 4 is 11.7 Å². The Morgan fingerprint density at radius 1 is 1.00 bits per heavy atom. The van der Waals surface area contributed by atoms with Crippen LogP contribution in [-0.4, -0.2) is 17.7 Å². The smallest absolute Gasteiger partial charge is 0.244 e. The lowest BCUT2D eigenvalue weighted by Crippen LogP contribution is -2.30. The maximum Gasteiger partial charge on any atom is 0.244 e. The molecule has 0 heterocycles. The zero-order chi connectivity index (χ0) is 15.9. The van der Waals surface area contributed by atoms with Gasteiger partial charge in [0.1, 0.15) is 5.78 Å². The minimum atomic E-state index is -0.0468. The summed E-state index contributed by atoms with van der Waals surface area (Å²) in [5.41, 5.74) is 0. The monoisotopic (exact) mass is 291 g/mol. The van der Waals surface area contributed by atoms with Crippen LogP contribution in [0, 0.1) is 0 Å². The van der Waals surface area contributed by atoms with Crippen molar-refractivity contribution in [3.63, 3.8) is 0 Å². The highest BCUT2D eigenvalue weighted by Crippen LogP contribution is 1.99. The van der Waals surface area contributed by atoms with E-state index in [4.69, 9.17) is 0 Å². The molecule has 3 heteroatoms. The van der Waals surface area contributed by atoms with Gasteiger partial charge in [0, 0.05) is 25.0 Å². The topological polar surface area (TPSA) is 46.2 Å². The average molecular weight is 291 g/mol. The number of carbonyl (C=O) groups is 2. The van der Waals surface area contributed by atoms with Crippen molar-refractivity contribution in [2.24, 2.45) is 0 Å². The lowest BCUT2D eigenvalue weighted by molar-refractivity contribution is -0.119. The van der Waals surface area contributed by atoms with Gasteiger partial charge in [-0.15, -0.1) is 0 Å². The van der Waals surface area contributed by atoms with E-state index < -0.39 is 0 Å². The van der Waals surface area contributed by atoms with Crippen molar-refractivity contribution in [2.75, 3.05) is 0 Å². The van der Waals surface area contributed by atoms with Gasteiger partial charge in [0.05, 0.1) is 0 Å². The predicted molar refractivity (Wildman–Crippen MR) is 89.1 cm³/mol. The molecular weight excluding hydrogens is 262 g/mol. The molecule has 0 aliphatic carbocycles. The van der Waals surface area contributed by atoms with Crippen LogP contribution in [0.4, 0.5) is 0 Å². The molecule has 0 fully saturated rings. The number of rotatable bonds is 11. The summed E-state index contributed by atoms with van der Waals surface area (Å²) in [7, 11) is 0. The largest absolute Gasteiger partial charge is 0.350 e. The van der Waals surface area contributed by atoms with Crippen LogP contribution in [0.25, 0.3) is 0 Å². The third-order valence-electron chi connectivity index (χ3n) is 3.15. The first-order chi connectivity index (χ1) is 10.1. The van der Waals surface area contributed by atoms with Crippen molar-refractivity contribution in [2.45, 2.75) is 65.3 Å². The van der Waals surface area contributed by atoms with Crippen LogP contribution in [0.3, 0.4) is 0 Å². The van der Waals surface area contributed by atoms with Crippen LogP contribution in [0.1, 0.15) is 59.3 Å². The number of nitrogens with one attached hydrogen (secondary N) is 1. The second-order valence-corrected chi connectivity index (χ2v) is 5.08. The van der Waals surface area contributed by atoms with E-state index in [1.807, 2.05) is 32.9 Å². The SMILES string of the molecule is CCC(=O)CC/C=C\CC/C=C/C=C/C(=O)N[C@@H](C)CC. The number of unbranched alkanes of at least 4 members (excludes halogenated alkanes) is 1. The van der Waals surface area contributed by atoms with E-state index in [2.05, 4.69) is 17.5 Å². The fraction of sp³-hybridized carbons (Fsp3) is 0.556. The van der Waals surface area contributed by atoms with Gasteiger partial charge in [-0.1, -0.05) is 44.2 Å². The average Bonchev–Trinajstić information content (AvgIpc) is 2.48. The number of ketones is 1. The molecule has 0 aliphatic heterocycles. The Labute approximate surface area is 129 Å². The van der Waals surface area contributed by atoms with Crippen molar-refractivity contribution in [1.29, 1.82) is 0 Å². The molecule has 0 rings (SSSR count). The van der Waals surface area contributed by atoms with Crippen molar-refractivity contribution < 1.29 is 9.59 Å². The molecule has 0 bridgehead atoms. The molecule has 0 unspecified atom stereocenters. The fourth-order valence-corrected chi connectivity index (χ4v) is 1.56. The van der Waals surface area contributed by atoms with Gasteiger partial charge in [0.2, 0.25) is 5.91 Å². The lowest BCUT2D eigenvalue weighted by Gasteiger charge is -2.07. The predicted octanol–water partition coefficient (Wildman–Crippen LogP) is 4.11. The lowest BCUT2D eigenvalue weighted by atomic mass is 10.1. The van der Waals surface area contributed by atoms with Crippen LogP contribution < -0.4 is 5.32 Å². The highest BCUT2D eigenvalue weighted by molar-refractivity contribution is 5.87.